The van der Waals surface area contributed by atoms with Gasteiger partial charge in [-0.25, -0.2) is 9.97 Å². The van der Waals surface area contributed by atoms with Crippen LogP contribution in [0, 0.1) is 0 Å². The Balaban J connectivity index is 2.11. The molecule has 0 N–H and O–H groups in total. The van der Waals surface area contributed by atoms with Gasteiger partial charge in [0, 0.05) is 4.47 Å². The lowest BCUT2D eigenvalue weighted by atomic mass is 10.3. The van der Waals surface area contributed by atoms with Crippen molar-refractivity contribution in [2.75, 3.05) is 7.11 Å². The Labute approximate surface area is 101 Å². The van der Waals surface area contributed by atoms with Gasteiger partial charge in [-0.15, -0.1) is 0 Å². The van der Waals surface area contributed by atoms with E-state index in [-0.39, 0.29) is 0 Å². The Morgan fingerprint density at radius 2 is 1.62 bits per heavy atom. The molecular weight excluding hydrogens is 272 g/mol. The second kappa shape index (κ2) is 4.94. The summed E-state index contributed by atoms with van der Waals surface area (Å²) in [5, 5.41) is 0. The molecule has 1 aromatic carbocycles. The number of methoxy groups -OCH3 is 1. The summed E-state index contributed by atoms with van der Waals surface area (Å²) >= 11 is 3.35. The molecule has 1 aromatic heterocycles. The Morgan fingerprint density at radius 1 is 1.00 bits per heavy atom. The first-order chi connectivity index (χ1) is 7.78. The van der Waals surface area contributed by atoms with Gasteiger partial charge in [-0.3, -0.25) is 0 Å². The average Bonchev–Trinajstić information content (AvgIpc) is 2.33. The molecule has 0 aliphatic carbocycles. The number of benzene rings is 1. The maximum Gasteiger partial charge on any atom is 0.238 e. The molecule has 0 spiro atoms. The number of rotatable bonds is 3. The lowest BCUT2D eigenvalue weighted by Gasteiger charge is -2.04. The van der Waals surface area contributed by atoms with Crippen molar-refractivity contribution in [3.8, 4) is 17.5 Å². The zero-order chi connectivity index (χ0) is 11.4. The van der Waals surface area contributed by atoms with Crippen LogP contribution in [0.1, 0.15) is 0 Å². The largest absolute Gasteiger partial charge is 0.480 e. The molecule has 0 aliphatic heterocycles. The summed E-state index contributed by atoms with van der Waals surface area (Å²) in [6, 6.07) is 7.48. The first-order valence-electron chi connectivity index (χ1n) is 4.57. The SMILES string of the molecule is COc1cnc(Oc2ccc(Br)cc2)cn1. The summed E-state index contributed by atoms with van der Waals surface area (Å²) in [6.07, 6.45) is 3.02. The van der Waals surface area contributed by atoms with E-state index in [0.717, 1.165) is 4.47 Å². The van der Waals surface area contributed by atoms with Crippen molar-refractivity contribution in [1.82, 2.24) is 9.97 Å². The highest BCUT2D eigenvalue weighted by Crippen LogP contribution is 2.21. The molecule has 0 fully saturated rings. The number of hydrogen-bond donors (Lipinski definition) is 0. The highest BCUT2D eigenvalue weighted by molar-refractivity contribution is 9.10. The lowest BCUT2D eigenvalue weighted by Crippen LogP contribution is -1.92. The average molecular weight is 281 g/mol. The molecule has 0 saturated carbocycles. The fraction of sp³-hybridized carbons (Fsp3) is 0.0909. The predicted molar refractivity (Wildman–Crippen MR) is 62.8 cm³/mol. The highest BCUT2D eigenvalue weighted by atomic mass is 79.9. The second-order valence-corrected chi connectivity index (χ2v) is 3.87. The number of aromatic nitrogens is 2. The Kier molecular flexibility index (Phi) is 3.36. The maximum atomic E-state index is 5.48. The van der Waals surface area contributed by atoms with E-state index < -0.39 is 0 Å². The molecular formula is C11H9BrN2O2. The van der Waals surface area contributed by atoms with Gasteiger partial charge in [0.25, 0.3) is 0 Å². The summed E-state index contributed by atoms with van der Waals surface area (Å²) < 4.78 is 11.4. The number of ether oxygens (including phenoxy) is 2. The van der Waals surface area contributed by atoms with E-state index in [4.69, 9.17) is 9.47 Å². The molecule has 2 rings (SSSR count). The molecule has 1 heterocycles. The zero-order valence-corrected chi connectivity index (χ0v) is 10.1. The van der Waals surface area contributed by atoms with Crippen LogP contribution in [0.3, 0.4) is 0 Å². The number of halogens is 1. The number of nitrogens with zero attached hydrogens (tertiary/aromatic N) is 2. The lowest BCUT2D eigenvalue weighted by molar-refractivity contribution is 0.389. The van der Waals surface area contributed by atoms with Crippen LogP contribution in [0.15, 0.2) is 41.1 Å². The molecule has 4 nitrogen and oxygen atoms in total. The molecule has 0 unspecified atom stereocenters. The molecule has 5 heteroatoms. The van der Waals surface area contributed by atoms with Gasteiger partial charge in [0.2, 0.25) is 11.8 Å². The van der Waals surface area contributed by atoms with Crippen LogP contribution in [0.25, 0.3) is 0 Å². The summed E-state index contributed by atoms with van der Waals surface area (Å²) in [5.74, 6) is 1.61. The van der Waals surface area contributed by atoms with Gasteiger partial charge in [0.15, 0.2) is 0 Å². The smallest absolute Gasteiger partial charge is 0.238 e. The van der Waals surface area contributed by atoms with Crippen LogP contribution < -0.4 is 9.47 Å². The van der Waals surface area contributed by atoms with E-state index in [1.165, 1.54) is 12.4 Å². The van der Waals surface area contributed by atoms with Crippen LogP contribution in [0.4, 0.5) is 0 Å². The van der Waals surface area contributed by atoms with Gasteiger partial charge >= 0.3 is 0 Å². The maximum absolute atomic E-state index is 5.48. The molecule has 0 aliphatic rings. The molecule has 0 bridgehead atoms. The standard InChI is InChI=1S/C11H9BrN2O2/c1-15-10-6-14-11(7-13-10)16-9-4-2-8(12)3-5-9/h2-7H,1H3. The highest BCUT2D eigenvalue weighted by Gasteiger charge is 2.00. The molecule has 0 amide bonds. The summed E-state index contributed by atoms with van der Waals surface area (Å²) in [4.78, 5) is 8.04. The second-order valence-electron chi connectivity index (χ2n) is 2.95. The third kappa shape index (κ3) is 2.70. The van der Waals surface area contributed by atoms with E-state index in [1.54, 1.807) is 7.11 Å². The van der Waals surface area contributed by atoms with Crippen molar-refractivity contribution in [2.45, 2.75) is 0 Å². The van der Waals surface area contributed by atoms with E-state index in [2.05, 4.69) is 25.9 Å². The quantitative estimate of drug-likeness (QED) is 0.867. The van der Waals surface area contributed by atoms with Crippen LogP contribution in [0.5, 0.6) is 17.5 Å². The Morgan fingerprint density at radius 3 is 2.19 bits per heavy atom. The first kappa shape index (κ1) is 10.9. The predicted octanol–water partition coefficient (Wildman–Crippen LogP) is 3.04. The monoisotopic (exact) mass is 280 g/mol. The molecule has 16 heavy (non-hydrogen) atoms. The Bertz CT molecular complexity index is 456. The van der Waals surface area contributed by atoms with Crippen molar-refractivity contribution in [3.05, 3.63) is 41.1 Å². The van der Waals surface area contributed by atoms with E-state index in [9.17, 15) is 0 Å². The van der Waals surface area contributed by atoms with Gasteiger partial charge in [-0.1, -0.05) is 15.9 Å². The fourth-order valence-electron chi connectivity index (χ4n) is 1.09. The topological polar surface area (TPSA) is 44.2 Å². The number of hydrogen-bond acceptors (Lipinski definition) is 4. The van der Waals surface area contributed by atoms with Gasteiger partial charge in [-0.2, -0.15) is 0 Å². The van der Waals surface area contributed by atoms with Crippen LogP contribution in [0.2, 0.25) is 0 Å². The van der Waals surface area contributed by atoms with Gasteiger partial charge in [-0.05, 0) is 24.3 Å². The fourth-order valence-corrected chi connectivity index (χ4v) is 1.35. The Hall–Kier alpha value is -1.62. The van der Waals surface area contributed by atoms with E-state index in [1.807, 2.05) is 24.3 Å². The van der Waals surface area contributed by atoms with Crippen molar-refractivity contribution in [3.63, 3.8) is 0 Å². The minimum absolute atomic E-state index is 0.433. The third-order valence-corrected chi connectivity index (χ3v) is 2.38. The van der Waals surface area contributed by atoms with Gasteiger partial charge in [0.1, 0.15) is 5.75 Å². The van der Waals surface area contributed by atoms with E-state index in [0.29, 0.717) is 17.5 Å². The van der Waals surface area contributed by atoms with Crippen molar-refractivity contribution >= 4 is 15.9 Å². The van der Waals surface area contributed by atoms with Crippen molar-refractivity contribution in [1.29, 1.82) is 0 Å². The molecule has 82 valence electrons. The van der Waals surface area contributed by atoms with E-state index >= 15 is 0 Å². The zero-order valence-electron chi connectivity index (χ0n) is 8.55. The van der Waals surface area contributed by atoms with Gasteiger partial charge in [0.05, 0.1) is 19.5 Å². The molecule has 0 saturated heterocycles. The minimum Gasteiger partial charge on any atom is -0.480 e. The normalized spacial score (nSPS) is 9.88. The van der Waals surface area contributed by atoms with Crippen molar-refractivity contribution < 1.29 is 9.47 Å². The van der Waals surface area contributed by atoms with Gasteiger partial charge < -0.3 is 9.47 Å². The molecule has 2 aromatic rings. The molecule has 0 radical (unpaired) electrons. The summed E-state index contributed by atoms with van der Waals surface area (Å²) in [5.41, 5.74) is 0. The molecule has 0 atom stereocenters. The van der Waals surface area contributed by atoms with Crippen LogP contribution in [-0.4, -0.2) is 17.1 Å². The van der Waals surface area contributed by atoms with Crippen molar-refractivity contribution in [2.24, 2.45) is 0 Å². The minimum atomic E-state index is 0.433. The first-order valence-corrected chi connectivity index (χ1v) is 5.36. The summed E-state index contributed by atoms with van der Waals surface area (Å²) in [7, 11) is 1.54. The third-order valence-electron chi connectivity index (χ3n) is 1.85. The summed E-state index contributed by atoms with van der Waals surface area (Å²) in [6.45, 7) is 0. The van der Waals surface area contributed by atoms with Crippen LogP contribution in [-0.2, 0) is 0 Å². The van der Waals surface area contributed by atoms with Crippen LogP contribution >= 0.6 is 15.9 Å².